The Hall–Kier alpha value is -4.71. The van der Waals surface area contributed by atoms with Crippen LogP contribution in [-0.2, 0) is 38.3 Å². The van der Waals surface area contributed by atoms with E-state index in [1.807, 2.05) is 24.3 Å². The monoisotopic (exact) mass is 622 g/mol. The maximum atomic E-state index is 14.1. The number of anilines is 1. The van der Waals surface area contributed by atoms with Crippen molar-refractivity contribution in [2.24, 2.45) is 11.8 Å². The van der Waals surface area contributed by atoms with Crippen LogP contribution in [0.5, 0.6) is 0 Å². The molecule has 0 aromatic heterocycles. The van der Waals surface area contributed by atoms with Crippen LogP contribution in [0.25, 0.3) is 0 Å². The maximum absolute atomic E-state index is 14.1. The zero-order chi connectivity index (χ0) is 32.4. The molecule has 0 radical (unpaired) electrons. The number of amides is 4. The van der Waals surface area contributed by atoms with Crippen LogP contribution in [0.4, 0.5) is 23.7 Å². The molecule has 45 heavy (non-hydrogen) atoms. The van der Waals surface area contributed by atoms with Gasteiger partial charge in [-0.15, -0.1) is 0 Å². The molecule has 0 unspecified atom stereocenters. The molecule has 5 rings (SSSR count). The largest absolute Gasteiger partial charge is 0.468 e. The molecule has 2 saturated heterocycles. The van der Waals surface area contributed by atoms with Crippen molar-refractivity contribution >= 4 is 29.5 Å². The number of nitrogens with zero attached hydrogens (tertiary/aromatic N) is 2. The van der Waals surface area contributed by atoms with E-state index >= 15 is 0 Å². The predicted molar refractivity (Wildman–Crippen MR) is 159 cm³/mol. The summed E-state index contributed by atoms with van der Waals surface area (Å²) >= 11 is 0. The second-order valence-electron chi connectivity index (χ2n) is 11.2. The van der Waals surface area contributed by atoms with Crippen molar-refractivity contribution in [1.82, 2.24) is 15.1 Å². The number of hydrogen-bond acceptors (Lipinski definition) is 6. The van der Waals surface area contributed by atoms with E-state index in [-0.39, 0.29) is 31.7 Å². The first-order chi connectivity index (χ1) is 21.5. The number of hydrogen-bond donors (Lipinski definition) is 2. The van der Waals surface area contributed by atoms with Crippen LogP contribution >= 0.6 is 0 Å². The standard InChI is InChI=1S/C33H33F3N4O5/c1-3-39(31(44)37-24-16-14-23(15-17-24)33(34,35)36)20-25-26-27(29(42)40(28(26)41)19-22-12-8-5-9-13-22)32(38-25,30(43)45-2)18-21-10-6-4-7-11-21/h4-17,25-27,38H,3,18-20H2,1-2H3,(H,37,44)/t25-,26+,27-,32-/m1/s1. The molecule has 2 N–H and O–H groups in total. The number of fused-ring (bicyclic) bond motifs is 1. The average molecular weight is 623 g/mol. The number of halogens is 3. The first-order valence-corrected chi connectivity index (χ1v) is 14.5. The summed E-state index contributed by atoms with van der Waals surface area (Å²) in [5, 5.41) is 5.87. The van der Waals surface area contributed by atoms with Gasteiger partial charge >= 0.3 is 18.2 Å². The number of likely N-dealkylation sites (tertiary alicyclic amines) is 1. The Kier molecular flexibility index (Phi) is 8.96. The van der Waals surface area contributed by atoms with Gasteiger partial charge in [0.2, 0.25) is 11.8 Å². The number of likely N-dealkylation sites (N-methyl/N-ethyl adjacent to an activating group) is 1. The van der Waals surface area contributed by atoms with E-state index in [1.54, 1.807) is 43.3 Å². The fraction of sp³-hybridized carbons (Fsp3) is 0.333. The Morgan fingerprint density at radius 2 is 1.53 bits per heavy atom. The highest BCUT2D eigenvalue weighted by Crippen LogP contribution is 2.46. The predicted octanol–water partition coefficient (Wildman–Crippen LogP) is 4.49. The molecule has 0 spiro atoms. The fourth-order valence-electron chi connectivity index (χ4n) is 6.32. The summed E-state index contributed by atoms with van der Waals surface area (Å²) in [6, 6.07) is 20.7. The van der Waals surface area contributed by atoms with Gasteiger partial charge < -0.3 is 15.0 Å². The van der Waals surface area contributed by atoms with Crippen molar-refractivity contribution in [3.63, 3.8) is 0 Å². The highest BCUT2D eigenvalue weighted by atomic mass is 19.4. The lowest BCUT2D eigenvalue weighted by atomic mass is 9.76. The molecular weight excluding hydrogens is 589 g/mol. The van der Waals surface area contributed by atoms with Crippen molar-refractivity contribution in [2.75, 3.05) is 25.5 Å². The Balaban J connectivity index is 1.46. The summed E-state index contributed by atoms with van der Waals surface area (Å²) in [5.41, 5.74) is -0.827. The SMILES string of the molecule is CCN(C[C@H]1N[C@@](Cc2ccccc2)(C(=O)OC)[C@H]2C(=O)N(Cc3ccccc3)C(=O)[C@@H]12)C(=O)Nc1ccc(C(F)(F)F)cc1. The third kappa shape index (κ3) is 6.28. The molecule has 0 saturated carbocycles. The number of esters is 1. The van der Waals surface area contributed by atoms with Crippen molar-refractivity contribution in [3.05, 3.63) is 102 Å². The highest BCUT2D eigenvalue weighted by Gasteiger charge is 2.68. The van der Waals surface area contributed by atoms with Gasteiger partial charge in [-0.1, -0.05) is 60.7 Å². The minimum Gasteiger partial charge on any atom is -0.468 e. The summed E-state index contributed by atoms with van der Waals surface area (Å²) < 4.78 is 44.2. The minimum absolute atomic E-state index is 0.0206. The number of imide groups is 1. The molecule has 3 aromatic rings. The molecule has 4 atom stereocenters. The number of benzene rings is 3. The van der Waals surface area contributed by atoms with E-state index in [4.69, 9.17) is 4.74 Å². The van der Waals surface area contributed by atoms with Gasteiger partial charge in [-0.3, -0.25) is 24.6 Å². The quantitative estimate of drug-likeness (QED) is 0.269. The number of methoxy groups -OCH3 is 1. The van der Waals surface area contributed by atoms with E-state index in [0.717, 1.165) is 35.4 Å². The first-order valence-electron chi connectivity index (χ1n) is 14.5. The Morgan fingerprint density at radius 1 is 0.933 bits per heavy atom. The number of rotatable bonds is 9. The van der Waals surface area contributed by atoms with Crippen molar-refractivity contribution in [1.29, 1.82) is 0 Å². The zero-order valence-electron chi connectivity index (χ0n) is 24.7. The topological polar surface area (TPSA) is 108 Å². The lowest BCUT2D eigenvalue weighted by molar-refractivity contribution is -0.154. The molecule has 9 nitrogen and oxygen atoms in total. The van der Waals surface area contributed by atoms with E-state index in [1.165, 1.54) is 16.9 Å². The van der Waals surface area contributed by atoms with Crippen molar-refractivity contribution < 1.29 is 37.1 Å². The lowest BCUT2D eigenvalue weighted by Crippen LogP contribution is -2.60. The van der Waals surface area contributed by atoms with Gasteiger partial charge in [0.05, 0.1) is 31.1 Å². The van der Waals surface area contributed by atoms with Gasteiger partial charge in [0.15, 0.2) is 0 Å². The van der Waals surface area contributed by atoms with Crippen molar-refractivity contribution in [3.8, 4) is 0 Å². The summed E-state index contributed by atoms with van der Waals surface area (Å²) in [5.74, 6) is -3.78. The summed E-state index contributed by atoms with van der Waals surface area (Å²) in [6.45, 7) is 1.82. The van der Waals surface area contributed by atoms with Gasteiger partial charge in [0.1, 0.15) is 5.54 Å². The second kappa shape index (κ2) is 12.7. The van der Waals surface area contributed by atoms with Gasteiger partial charge in [0.25, 0.3) is 0 Å². The summed E-state index contributed by atoms with van der Waals surface area (Å²) in [6.07, 6.45) is -4.46. The molecular formula is C33H33F3N4O5. The summed E-state index contributed by atoms with van der Waals surface area (Å²) in [4.78, 5) is 57.6. The summed E-state index contributed by atoms with van der Waals surface area (Å²) in [7, 11) is 1.22. The first kappa shape index (κ1) is 31.7. The zero-order valence-corrected chi connectivity index (χ0v) is 24.7. The number of nitrogens with one attached hydrogen (secondary N) is 2. The Morgan fingerprint density at radius 3 is 2.09 bits per heavy atom. The van der Waals surface area contributed by atoms with E-state index in [2.05, 4.69) is 10.6 Å². The lowest BCUT2D eigenvalue weighted by Gasteiger charge is -2.33. The van der Waals surface area contributed by atoms with Crippen LogP contribution in [0, 0.1) is 11.8 Å². The third-order valence-electron chi connectivity index (χ3n) is 8.46. The number of carbonyl (C=O) groups is 4. The Bertz CT molecular complexity index is 1550. The number of alkyl halides is 3. The van der Waals surface area contributed by atoms with E-state index in [9.17, 15) is 32.3 Å². The van der Waals surface area contributed by atoms with Crippen LogP contribution in [-0.4, -0.2) is 65.4 Å². The van der Waals surface area contributed by atoms with Crippen LogP contribution in [0.3, 0.4) is 0 Å². The highest BCUT2D eigenvalue weighted by molar-refractivity contribution is 6.09. The molecule has 12 heteroatoms. The van der Waals surface area contributed by atoms with E-state index < -0.39 is 59.0 Å². The van der Waals surface area contributed by atoms with Crippen LogP contribution in [0.2, 0.25) is 0 Å². The second-order valence-corrected chi connectivity index (χ2v) is 11.2. The van der Waals surface area contributed by atoms with E-state index in [0.29, 0.717) is 0 Å². The minimum atomic E-state index is -4.52. The van der Waals surface area contributed by atoms with Gasteiger partial charge in [-0.25, -0.2) is 4.79 Å². The molecule has 0 aliphatic carbocycles. The van der Waals surface area contributed by atoms with Gasteiger partial charge in [-0.2, -0.15) is 13.2 Å². The van der Waals surface area contributed by atoms with Crippen LogP contribution < -0.4 is 10.6 Å². The van der Waals surface area contributed by atoms with Crippen LogP contribution in [0.15, 0.2) is 84.9 Å². The number of ether oxygens (including phenoxy) is 1. The number of urea groups is 1. The fourth-order valence-corrected chi connectivity index (χ4v) is 6.32. The average Bonchev–Trinajstić information content (AvgIpc) is 3.48. The van der Waals surface area contributed by atoms with Crippen molar-refractivity contribution in [2.45, 2.75) is 37.6 Å². The molecule has 2 fully saturated rings. The molecule has 2 aliphatic heterocycles. The third-order valence-corrected chi connectivity index (χ3v) is 8.46. The molecule has 4 amide bonds. The molecule has 2 aliphatic rings. The molecule has 0 bridgehead atoms. The maximum Gasteiger partial charge on any atom is 0.416 e. The number of carbonyl (C=O) groups excluding carboxylic acids is 4. The Labute approximate surface area is 258 Å². The molecule has 2 heterocycles. The normalized spacial score (nSPS) is 22.7. The van der Waals surface area contributed by atoms with Gasteiger partial charge in [-0.05, 0) is 42.3 Å². The smallest absolute Gasteiger partial charge is 0.416 e. The molecule has 236 valence electrons. The van der Waals surface area contributed by atoms with Crippen LogP contribution in [0.1, 0.15) is 23.6 Å². The molecule has 3 aromatic carbocycles. The van der Waals surface area contributed by atoms with Gasteiger partial charge in [0, 0.05) is 31.2 Å².